The molecule has 15 heavy (non-hydrogen) atoms. The van der Waals surface area contributed by atoms with Crippen LogP contribution in [0.2, 0.25) is 0 Å². The molecular formula is C10H10N2O3. The van der Waals surface area contributed by atoms with Gasteiger partial charge in [-0.15, -0.1) is 0 Å². The maximum absolute atomic E-state index is 11.5. The topological polar surface area (TPSA) is 75.1 Å². The fraction of sp³-hybridized carbons (Fsp3) is 0.200. The van der Waals surface area contributed by atoms with E-state index < -0.39 is 17.7 Å². The van der Waals surface area contributed by atoms with Crippen molar-refractivity contribution in [2.75, 3.05) is 0 Å². The van der Waals surface area contributed by atoms with Crippen LogP contribution in [0.5, 0.6) is 0 Å². The summed E-state index contributed by atoms with van der Waals surface area (Å²) in [6.45, 7) is 1.48. The fourth-order valence-corrected chi connectivity index (χ4v) is 1.57. The van der Waals surface area contributed by atoms with Gasteiger partial charge >= 0.3 is 11.7 Å². The number of H-pyrrole nitrogens is 1. The van der Waals surface area contributed by atoms with Crippen LogP contribution in [-0.4, -0.2) is 20.6 Å². The Kier molecular flexibility index (Phi) is 2.07. The zero-order valence-electron chi connectivity index (χ0n) is 8.10. The van der Waals surface area contributed by atoms with Crippen molar-refractivity contribution in [1.29, 1.82) is 0 Å². The number of aromatic amines is 1. The zero-order valence-corrected chi connectivity index (χ0v) is 8.10. The standard InChI is InChI=1S/C10H10N2O3/c1-6(9(13)14)12-8-5-3-2-4-7(8)11-10(12)15/h2-6H,1H3,(H,11,15)(H,13,14). The lowest BCUT2D eigenvalue weighted by atomic mass is 10.3. The maximum atomic E-state index is 11.5. The van der Waals surface area contributed by atoms with E-state index in [4.69, 9.17) is 5.11 Å². The molecule has 0 radical (unpaired) electrons. The Morgan fingerprint density at radius 2 is 2.13 bits per heavy atom. The molecule has 5 nitrogen and oxygen atoms in total. The zero-order chi connectivity index (χ0) is 11.0. The predicted octanol–water partition coefficient (Wildman–Crippen LogP) is 0.975. The Bertz CT molecular complexity index is 567. The fourth-order valence-electron chi connectivity index (χ4n) is 1.57. The summed E-state index contributed by atoms with van der Waals surface area (Å²) in [7, 11) is 0. The Labute approximate surface area is 85.0 Å². The third-order valence-corrected chi connectivity index (χ3v) is 2.37. The highest BCUT2D eigenvalue weighted by molar-refractivity contribution is 5.79. The monoisotopic (exact) mass is 206 g/mol. The first-order chi connectivity index (χ1) is 7.11. The second-order valence-corrected chi connectivity index (χ2v) is 3.33. The van der Waals surface area contributed by atoms with Gasteiger partial charge in [0.1, 0.15) is 6.04 Å². The number of carboxylic acids is 1. The first kappa shape index (κ1) is 9.51. The summed E-state index contributed by atoms with van der Waals surface area (Å²) < 4.78 is 1.23. The maximum Gasteiger partial charge on any atom is 0.327 e. The van der Waals surface area contributed by atoms with Crippen molar-refractivity contribution in [3.05, 3.63) is 34.7 Å². The van der Waals surface area contributed by atoms with Crippen LogP contribution in [0.3, 0.4) is 0 Å². The van der Waals surface area contributed by atoms with E-state index in [1.54, 1.807) is 24.3 Å². The van der Waals surface area contributed by atoms with Crippen LogP contribution in [0.4, 0.5) is 0 Å². The molecule has 1 heterocycles. The number of carboxylic acid groups (broad SMARTS) is 1. The summed E-state index contributed by atoms with van der Waals surface area (Å²) >= 11 is 0. The molecule has 0 spiro atoms. The number of rotatable bonds is 2. The molecule has 0 bridgehead atoms. The van der Waals surface area contributed by atoms with Crippen LogP contribution in [0.25, 0.3) is 11.0 Å². The Morgan fingerprint density at radius 3 is 2.80 bits per heavy atom. The smallest absolute Gasteiger partial charge is 0.327 e. The first-order valence-corrected chi connectivity index (χ1v) is 4.53. The summed E-state index contributed by atoms with van der Waals surface area (Å²) in [4.78, 5) is 25.0. The highest BCUT2D eigenvalue weighted by atomic mass is 16.4. The molecule has 1 atom stereocenters. The largest absolute Gasteiger partial charge is 0.480 e. The minimum absolute atomic E-state index is 0.397. The Morgan fingerprint density at radius 1 is 1.47 bits per heavy atom. The lowest BCUT2D eigenvalue weighted by Gasteiger charge is -2.07. The normalized spacial score (nSPS) is 12.9. The number of hydrogen-bond donors (Lipinski definition) is 2. The van der Waals surface area contributed by atoms with Gasteiger partial charge < -0.3 is 10.1 Å². The summed E-state index contributed by atoms with van der Waals surface area (Å²) in [6, 6.07) is 6.14. The Balaban J connectivity index is 2.74. The van der Waals surface area contributed by atoms with Crippen LogP contribution in [0.1, 0.15) is 13.0 Å². The van der Waals surface area contributed by atoms with Gasteiger partial charge in [0.25, 0.3) is 0 Å². The first-order valence-electron chi connectivity index (χ1n) is 4.53. The lowest BCUT2D eigenvalue weighted by Crippen LogP contribution is -2.25. The molecule has 0 saturated heterocycles. The molecular weight excluding hydrogens is 196 g/mol. The molecule has 1 unspecified atom stereocenters. The predicted molar refractivity (Wildman–Crippen MR) is 54.9 cm³/mol. The van der Waals surface area contributed by atoms with Gasteiger partial charge in [-0.05, 0) is 19.1 Å². The number of fused-ring (bicyclic) bond motifs is 1. The van der Waals surface area contributed by atoms with Crippen molar-refractivity contribution in [3.8, 4) is 0 Å². The number of benzene rings is 1. The average molecular weight is 206 g/mol. The van der Waals surface area contributed by atoms with Gasteiger partial charge in [-0.1, -0.05) is 12.1 Å². The van der Waals surface area contributed by atoms with E-state index in [0.717, 1.165) is 0 Å². The third-order valence-electron chi connectivity index (χ3n) is 2.37. The van der Waals surface area contributed by atoms with Gasteiger partial charge in [0.15, 0.2) is 0 Å². The van der Waals surface area contributed by atoms with Gasteiger partial charge in [0.05, 0.1) is 11.0 Å². The van der Waals surface area contributed by atoms with Crippen LogP contribution in [0.15, 0.2) is 29.1 Å². The molecule has 2 N–H and O–H groups in total. The van der Waals surface area contributed by atoms with Crippen LogP contribution in [0, 0.1) is 0 Å². The summed E-state index contributed by atoms with van der Waals surface area (Å²) in [5.41, 5.74) is 0.860. The van der Waals surface area contributed by atoms with Crippen LogP contribution < -0.4 is 5.69 Å². The van der Waals surface area contributed by atoms with E-state index in [-0.39, 0.29) is 0 Å². The number of hydrogen-bond acceptors (Lipinski definition) is 2. The molecule has 0 fully saturated rings. The number of nitrogens with zero attached hydrogens (tertiary/aromatic N) is 1. The number of nitrogens with one attached hydrogen (secondary N) is 1. The van der Waals surface area contributed by atoms with Crippen molar-refractivity contribution in [2.24, 2.45) is 0 Å². The van der Waals surface area contributed by atoms with E-state index in [0.29, 0.717) is 11.0 Å². The number of aromatic nitrogens is 2. The molecule has 5 heteroatoms. The molecule has 0 aliphatic rings. The van der Waals surface area contributed by atoms with E-state index >= 15 is 0 Å². The summed E-state index contributed by atoms with van der Waals surface area (Å²) in [5.74, 6) is -1.03. The molecule has 0 aliphatic heterocycles. The van der Waals surface area contributed by atoms with E-state index in [2.05, 4.69) is 4.98 Å². The number of para-hydroxylation sites is 2. The third kappa shape index (κ3) is 1.41. The second kappa shape index (κ2) is 3.27. The quantitative estimate of drug-likeness (QED) is 0.768. The lowest BCUT2D eigenvalue weighted by molar-refractivity contribution is -0.140. The molecule has 2 aromatic rings. The SMILES string of the molecule is CC(C(=O)O)n1c(=O)[nH]c2ccccc21. The summed E-state index contributed by atoms with van der Waals surface area (Å²) in [6.07, 6.45) is 0. The van der Waals surface area contributed by atoms with Crippen molar-refractivity contribution >= 4 is 17.0 Å². The molecule has 0 saturated carbocycles. The minimum Gasteiger partial charge on any atom is -0.480 e. The highest BCUT2D eigenvalue weighted by Gasteiger charge is 2.18. The Hall–Kier alpha value is -2.04. The molecule has 1 aromatic carbocycles. The minimum atomic E-state index is -1.03. The molecule has 2 rings (SSSR count). The highest BCUT2D eigenvalue weighted by Crippen LogP contribution is 2.14. The number of aliphatic carboxylic acids is 1. The van der Waals surface area contributed by atoms with E-state index in [9.17, 15) is 9.59 Å². The molecule has 0 amide bonds. The van der Waals surface area contributed by atoms with Crippen LogP contribution in [-0.2, 0) is 4.79 Å². The van der Waals surface area contributed by atoms with Gasteiger partial charge in [-0.2, -0.15) is 0 Å². The van der Waals surface area contributed by atoms with Gasteiger partial charge in [0.2, 0.25) is 0 Å². The van der Waals surface area contributed by atoms with Crippen molar-refractivity contribution in [2.45, 2.75) is 13.0 Å². The van der Waals surface area contributed by atoms with E-state index in [1.807, 2.05) is 0 Å². The second-order valence-electron chi connectivity index (χ2n) is 3.33. The molecule has 78 valence electrons. The van der Waals surface area contributed by atoms with Gasteiger partial charge in [-0.3, -0.25) is 4.57 Å². The summed E-state index contributed by atoms with van der Waals surface area (Å²) in [5, 5.41) is 8.86. The van der Waals surface area contributed by atoms with Gasteiger partial charge in [0, 0.05) is 0 Å². The molecule has 0 aliphatic carbocycles. The number of carbonyl (C=O) groups is 1. The average Bonchev–Trinajstić information content (AvgIpc) is 2.52. The van der Waals surface area contributed by atoms with Crippen molar-refractivity contribution < 1.29 is 9.90 Å². The molecule has 1 aromatic heterocycles. The van der Waals surface area contributed by atoms with Crippen molar-refractivity contribution in [3.63, 3.8) is 0 Å². The van der Waals surface area contributed by atoms with Crippen LogP contribution >= 0.6 is 0 Å². The van der Waals surface area contributed by atoms with E-state index in [1.165, 1.54) is 11.5 Å². The number of imidazole rings is 1. The van der Waals surface area contributed by atoms with Gasteiger partial charge in [-0.25, -0.2) is 9.59 Å². The van der Waals surface area contributed by atoms with Crippen molar-refractivity contribution in [1.82, 2.24) is 9.55 Å².